The monoisotopic (exact) mass is 460 g/mol. The van der Waals surface area contributed by atoms with Crippen molar-refractivity contribution in [3.8, 4) is 22.9 Å². The Balaban J connectivity index is 1.53. The molecule has 1 unspecified atom stereocenters. The maximum atomic E-state index is 14.0. The van der Waals surface area contributed by atoms with Crippen LogP contribution in [0.5, 0.6) is 5.75 Å². The van der Waals surface area contributed by atoms with Crippen LogP contribution >= 0.6 is 0 Å². The van der Waals surface area contributed by atoms with Gasteiger partial charge < -0.3 is 14.9 Å². The van der Waals surface area contributed by atoms with Gasteiger partial charge in [-0.15, -0.1) is 0 Å². The lowest BCUT2D eigenvalue weighted by Gasteiger charge is -2.26. The number of benzene rings is 4. The van der Waals surface area contributed by atoms with Crippen LogP contribution in [0.15, 0.2) is 106 Å². The third-order valence-corrected chi connectivity index (χ3v) is 6.37. The molecule has 2 heterocycles. The van der Waals surface area contributed by atoms with E-state index in [9.17, 15) is 14.4 Å². The van der Waals surface area contributed by atoms with Crippen molar-refractivity contribution in [2.24, 2.45) is 5.73 Å². The summed E-state index contributed by atoms with van der Waals surface area (Å²) >= 11 is 0. The smallest absolute Gasteiger partial charge is 0.344 e. The summed E-state index contributed by atoms with van der Waals surface area (Å²) in [5, 5.41) is 12.4. The van der Waals surface area contributed by atoms with E-state index in [0.717, 1.165) is 21.9 Å². The van der Waals surface area contributed by atoms with E-state index in [-0.39, 0.29) is 33.7 Å². The second-order valence-electron chi connectivity index (χ2n) is 8.35. The Hall–Kier alpha value is -4.89. The molecule has 0 amide bonds. The second kappa shape index (κ2) is 7.86. The minimum Gasteiger partial charge on any atom is -0.439 e. The molecule has 5 nitrogen and oxygen atoms in total. The Kier molecular flexibility index (Phi) is 4.65. The Labute approximate surface area is 199 Å². The molecule has 0 radical (unpaired) electrons. The number of allylic oxidation sites excluding steroid dienone is 1. The molecular formula is C29H17FN2O3. The van der Waals surface area contributed by atoms with Gasteiger partial charge in [-0.05, 0) is 45.7 Å². The van der Waals surface area contributed by atoms with Crippen LogP contribution in [0.2, 0.25) is 0 Å². The molecule has 0 bridgehead atoms. The molecule has 0 saturated heterocycles. The zero-order valence-corrected chi connectivity index (χ0v) is 18.3. The van der Waals surface area contributed by atoms with E-state index >= 15 is 0 Å². The SMILES string of the molecule is N#CC1=C(N)Oc2c(c(=O)oc3ccc(F)cc23)C1c1ccc(-c2cccc3ccccc23)cc1. The van der Waals surface area contributed by atoms with Gasteiger partial charge in [0.2, 0.25) is 5.88 Å². The largest absolute Gasteiger partial charge is 0.439 e. The van der Waals surface area contributed by atoms with Gasteiger partial charge in [0.05, 0.1) is 16.9 Å². The number of ether oxygens (including phenoxy) is 1. The number of hydrogen-bond acceptors (Lipinski definition) is 5. The van der Waals surface area contributed by atoms with Crippen LogP contribution in [0.4, 0.5) is 4.39 Å². The van der Waals surface area contributed by atoms with Crippen molar-refractivity contribution in [1.82, 2.24) is 0 Å². The van der Waals surface area contributed by atoms with Crippen molar-refractivity contribution in [2.45, 2.75) is 5.92 Å². The topological polar surface area (TPSA) is 89.3 Å². The molecule has 1 aliphatic heterocycles. The minimum absolute atomic E-state index is 0.0958. The summed E-state index contributed by atoms with van der Waals surface area (Å²) in [7, 11) is 0. The molecule has 1 aliphatic rings. The fourth-order valence-electron chi connectivity index (χ4n) is 4.76. The number of nitriles is 1. The average Bonchev–Trinajstić information content (AvgIpc) is 2.88. The highest BCUT2D eigenvalue weighted by molar-refractivity contribution is 5.96. The zero-order chi connectivity index (χ0) is 24.1. The summed E-state index contributed by atoms with van der Waals surface area (Å²) in [6.07, 6.45) is 0. The summed E-state index contributed by atoms with van der Waals surface area (Å²) in [6.45, 7) is 0. The first-order valence-corrected chi connectivity index (χ1v) is 11.0. The molecule has 168 valence electrons. The predicted molar refractivity (Wildman–Crippen MR) is 131 cm³/mol. The van der Waals surface area contributed by atoms with Crippen LogP contribution < -0.4 is 16.1 Å². The van der Waals surface area contributed by atoms with E-state index in [2.05, 4.69) is 30.3 Å². The molecule has 2 N–H and O–H groups in total. The number of hydrogen-bond donors (Lipinski definition) is 1. The molecule has 1 atom stereocenters. The fourth-order valence-corrected chi connectivity index (χ4v) is 4.76. The van der Waals surface area contributed by atoms with Crippen LogP contribution in [-0.4, -0.2) is 0 Å². The van der Waals surface area contributed by atoms with E-state index in [1.54, 1.807) is 0 Å². The van der Waals surface area contributed by atoms with Gasteiger partial charge in [-0.1, -0.05) is 66.7 Å². The Morgan fingerprint density at radius 1 is 0.914 bits per heavy atom. The standard InChI is InChI=1S/C29H17FN2O3/c30-19-12-13-24-22(14-19)27-26(29(33)34-24)25(23(15-31)28(32)35-27)18-10-8-17(9-11-18)21-7-3-5-16-4-1-2-6-20(16)21/h1-14,25H,32H2. The minimum atomic E-state index is -0.811. The lowest BCUT2D eigenvalue weighted by Crippen LogP contribution is -2.26. The molecule has 0 aliphatic carbocycles. The zero-order valence-electron chi connectivity index (χ0n) is 18.3. The van der Waals surface area contributed by atoms with Crippen LogP contribution in [0, 0.1) is 17.1 Å². The first-order valence-electron chi connectivity index (χ1n) is 11.0. The van der Waals surface area contributed by atoms with E-state index in [4.69, 9.17) is 14.9 Å². The lowest BCUT2D eigenvalue weighted by atomic mass is 9.83. The average molecular weight is 460 g/mol. The summed E-state index contributed by atoms with van der Waals surface area (Å²) in [6, 6.07) is 27.7. The third-order valence-electron chi connectivity index (χ3n) is 6.37. The molecule has 5 aromatic rings. The molecule has 0 spiro atoms. The molecule has 0 saturated carbocycles. The highest BCUT2D eigenvalue weighted by atomic mass is 19.1. The first-order chi connectivity index (χ1) is 17.0. The van der Waals surface area contributed by atoms with Crippen LogP contribution in [0.25, 0.3) is 32.9 Å². The van der Waals surface area contributed by atoms with Crippen LogP contribution in [-0.2, 0) is 0 Å². The van der Waals surface area contributed by atoms with E-state index in [0.29, 0.717) is 5.56 Å². The number of fused-ring (bicyclic) bond motifs is 4. The van der Waals surface area contributed by atoms with Gasteiger partial charge in [0.1, 0.15) is 23.0 Å². The Bertz CT molecular complexity index is 1770. The lowest BCUT2D eigenvalue weighted by molar-refractivity contribution is 0.388. The quantitative estimate of drug-likeness (QED) is 0.328. The summed E-state index contributed by atoms with van der Waals surface area (Å²) in [5.74, 6) is -1.34. The number of halogens is 1. The Morgan fingerprint density at radius 3 is 2.49 bits per heavy atom. The normalized spacial score (nSPS) is 15.0. The summed E-state index contributed by atoms with van der Waals surface area (Å²) < 4.78 is 25.2. The van der Waals surface area contributed by atoms with Crippen molar-refractivity contribution in [2.75, 3.05) is 0 Å². The van der Waals surface area contributed by atoms with Crippen molar-refractivity contribution in [1.29, 1.82) is 5.26 Å². The summed E-state index contributed by atoms with van der Waals surface area (Å²) in [5.41, 5.74) is 8.55. The van der Waals surface area contributed by atoms with Crippen molar-refractivity contribution in [3.63, 3.8) is 0 Å². The predicted octanol–water partition coefficient (Wildman–Crippen LogP) is 5.97. The van der Waals surface area contributed by atoms with Crippen molar-refractivity contribution in [3.05, 3.63) is 124 Å². The first kappa shape index (κ1) is 20.7. The second-order valence-corrected chi connectivity index (χ2v) is 8.35. The van der Waals surface area contributed by atoms with Gasteiger partial charge in [0, 0.05) is 0 Å². The van der Waals surface area contributed by atoms with Crippen LogP contribution in [0.1, 0.15) is 17.0 Å². The molecule has 35 heavy (non-hydrogen) atoms. The third kappa shape index (κ3) is 3.25. The van der Waals surface area contributed by atoms with Gasteiger partial charge in [0.25, 0.3) is 0 Å². The van der Waals surface area contributed by atoms with Gasteiger partial charge in [0.15, 0.2) is 5.75 Å². The number of nitrogens with zero attached hydrogens (tertiary/aromatic N) is 1. The maximum absolute atomic E-state index is 14.0. The van der Waals surface area contributed by atoms with Gasteiger partial charge in [-0.2, -0.15) is 5.26 Å². The van der Waals surface area contributed by atoms with E-state index < -0.39 is 17.4 Å². The van der Waals surface area contributed by atoms with Crippen LogP contribution in [0.3, 0.4) is 0 Å². The van der Waals surface area contributed by atoms with Gasteiger partial charge >= 0.3 is 5.63 Å². The molecular weight excluding hydrogens is 443 g/mol. The van der Waals surface area contributed by atoms with Gasteiger partial charge in [-0.3, -0.25) is 0 Å². The highest BCUT2D eigenvalue weighted by Crippen LogP contribution is 2.44. The molecule has 1 aromatic heterocycles. The molecule has 6 heteroatoms. The van der Waals surface area contributed by atoms with E-state index in [1.165, 1.54) is 18.2 Å². The Morgan fingerprint density at radius 2 is 1.69 bits per heavy atom. The molecule has 4 aromatic carbocycles. The maximum Gasteiger partial charge on any atom is 0.344 e. The van der Waals surface area contributed by atoms with Crippen molar-refractivity contribution >= 4 is 21.7 Å². The fraction of sp³-hybridized carbons (Fsp3) is 0.0345. The molecule has 6 rings (SSSR count). The summed E-state index contributed by atoms with van der Waals surface area (Å²) in [4.78, 5) is 13.0. The van der Waals surface area contributed by atoms with Gasteiger partial charge in [-0.25, -0.2) is 9.18 Å². The number of nitrogens with two attached hydrogens (primary N) is 1. The van der Waals surface area contributed by atoms with E-state index in [1.807, 2.05) is 42.5 Å². The number of rotatable bonds is 2. The molecule has 0 fully saturated rings. The highest BCUT2D eigenvalue weighted by Gasteiger charge is 2.35. The van der Waals surface area contributed by atoms with Crippen molar-refractivity contribution < 1.29 is 13.5 Å².